The van der Waals surface area contributed by atoms with Gasteiger partial charge >= 0.3 is 0 Å². The minimum absolute atomic E-state index is 0.559. The third kappa shape index (κ3) is 1.47. The maximum absolute atomic E-state index is 5.38. The minimum atomic E-state index is 0.559. The molecule has 2 heterocycles. The fraction of sp³-hybridized carbons (Fsp3) is 0.455. The van der Waals surface area contributed by atoms with E-state index >= 15 is 0 Å². The average molecular weight is 175 g/mol. The highest BCUT2D eigenvalue weighted by atomic mass is 16.6. The number of ether oxygens (including phenoxy) is 1. The summed E-state index contributed by atoms with van der Waals surface area (Å²) >= 11 is 0. The first-order valence-electron chi connectivity index (χ1n) is 4.83. The van der Waals surface area contributed by atoms with Crippen LogP contribution in [0.3, 0.4) is 0 Å². The van der Waals surface area contributed by atoms with Crippen molar-refractivity contribution < 1.29 is 4.74 Å². The molecule has 2 nitrogen and oxygen atoms in total. The van der Waals surface area contributed by atoms with Gasteiger partial charge in [-0.2, -0.15) is 0 Å². The molecule has 0 bridgehead atoms. The molecule has 1 aromatic carbocycles. The molecule has 0 radical (unpaired) electrons. The van der Waals surface area contributed by atoms with Crippen LogP contribution in [0.15, 0.2) is 30.3 Å². The van der Waals surface area contributed by atoms with Crippen LogP contribution < -0.4 is 0 Å². The Morgan fingerprint density at radius 3 is 2.54 bits per heavy atom. The van der Waals surface area contributed by atoms with Gasteiger partial charge in [-0.15, -0.1) is 0 Å². The first kappa shape index (κ1) is 7.54. The maximum Gasteiger partial charge on any atom is 0.0981 e. The van der Waals surface area contributed by atoms with Crippen LogP contribution in [0.1, 0.15) is 5.56 Å². The number of rotatable bonds is 2. The molecule has 3 rings (SSSR count). The van der Waals surface area contributed by atoms with Gasteiger partial charge in [0.25, 0.3) is 0 Å². The van der Waals surface area contributed by atoms with Crippen LogP contribution >= 0.6 is 0 Å². The van der Waals surface area contributed by atoms with Crippen molar-refractivity contribution in [3.63, 3.8) is 0 Å². The molecule has 0 amide bonds. The highest BCUT2D eigenvalue weighted by molar-refractivity contribution is 5.15. The van der Waals surface area contributed by atoms with Crippen LogP contribution in [0.5, 0.6) is 0 Å². The van der Waals surface area contributed by atoms with Crippen molar-refractivity contribution in [2.24, 2.45) is 0 Å². The van der Waals surface area contributed by atoms with E-state index in [2.05, 4.69) is 35.2 Å². The highest BCUT2D eigenvalue weighted by Crippen LogP contribution is 2.31. The summed E-state index contributed by atoms with van der Waals surface area (Å²) in [6.07, 6.45) is 1.12. The van der Waals surface area contributed by atoms with E-state index in [4.69, 9.17) is 4.74 Å². The van der Waals surface area contributed by atoms with Crippen LogP contribution in [0.4, 0.5) is 0 Å². The average Bonchev–Trinajstić information content (AvgIpc) is 2.76. The zero-order chi connectivity index (χ0) is 8.67. The number of nitrogens with zero attached hydrogens (tertiary/aromatic N) is 1. The summed E-state index contributed by atoms with van der Waals surface area (Å²) in [4.78, 5) is 2.47. The van der Waals surface area contributed by atoms with Crippen molar-refractivity contribution in [1.29, 1.82) is 0 Å². The lowest BCUT2D eigenvalue weighted by Gasteiger charge is -2.16. The van der Waals surface area contributed by atoms with Crippen LogP contribution in [0.25, 0.3) is 0 Å². The van der Waals surface area contributed by atoms with E-state index in [9.17, 15) is 0 Å². The fourth-order valence-electron chi connectivity index (χ4n) is 2.05. The Hall–Kier alpha value is -0.860. The molecule has 2 fully saturated rings. The van der Waals surface area contributed by atoms with Gasteiger partial charge < -0.3 is 4.74 Å². The highest BCUT2D eigenvalue weighted by Gasteiger charge is 2.46. The van der Waals surface area contributed by atoms with E-state index < -0.39 is 0 Å². The fourth-order valence-corrected chi connectivity index (χ4v) is 2.05. The van der Waals surface area contributed by atoms with Gasteiger partial charge in [0.05, 0.1) is 12.2 Å². The molecule has 0 saturated carbocycles. The molecule has 0 unspecified atom stereocenters. The van der Waals surface area contributed by atoms with E-state index in [0.717, 1.165) is 19.6 Å². The smallest absolute Gasteiger partial charge is 0.0981 e. The van der Waals surface area contributed by atoms with Crippen molar-refractivity contribution >= 4 is 0 Å². The third-order valence-electron chi connectivity index (χ3n) is 2.81. The van der Waals surface area contributed by atoms with Crippen molar-refractivity contribution in [2.45, 2.75) is 18.8 Å². The van der Waals surface area contributed by atoms with E-state index in [1.165, 1.54) is 5.56 Å². The molecule has 1 aromatic rings. The van der Waals surface area contributed by atoms with Crippen molar-refractivity contribution in [3.8, 4) is 0 Å². The van der Waals surface area contributed by atoms with Gasteiger partial charge in [0, 0.05) is 19.6 Å². The summed E-state index contributed by atoms with van der Waals surface area (Å²) in [5, 5.41) is 0. The quantitative estimate of drug-likeness (QED) is 0.629. The molecule has 68 valence electrons. The third-order valence-corrected chi connectivity index (χ3v) is 2.81. The first-order valence-corrected chi connectivity index (χ1v) is 4.83. The molecular formula is C11H13NO. The molecular weight excluding hydrogens is 162 g/mol. The monoisotopic (exact) mass is 175 g/mol. The van der Waals surface area contributed by atoms with Crippen molar-refractivity contribution in [2.75, 3.05) is 13.1 Å². The van der Waals surface area contributed by atoms with Crippen molar-refractivity contribution in [1.82, 2.24) is 4.90 Å². The Balaban J connectivity index is 1.63. The molecule has 0 aliphatic carbocycles. The van der Waals surface area contributed by atoms with Crippen LogP contribution in [0.2, 0.25) is 0 Å². The number of benzene rings is 1. The molecule has 2 heteroatoms. The summed E-state index contributed by atoms with van der Waals surface area (Å²) < 4.78 is 5.38. The lowest BCUT2D eigenvalue weighted by atomic mass is 10.2. The summed E-state index contributed by atoms with van der Waals surface area (Å²) in [5.41, 5.74) is 1.41. The van der Waals surface area contributed by atoms with E-state index in [1.54, 1.807) is 0 Å². The molecule has 2 atom stereocenters. The Kier molecular flexibility index (Phi) is 1.64. The predicted molar refractivity (Wildman–Crippen MR) is 50.4 cm³/mol. The number of likely N-dealkylation sites (tertiary alicyclic amines) is 1. The molecule has 0 spiro atoms. The van der Waals surface area contributed by atoms with Gasteiger partial charge in [0.15, 0.2) is 0 Å². The summed E-state index contributed by atoms with van der Waals surface area (Å²) in [7, 11) is 0. The van der Waals surface area contributed by atoms with Gasteiger partial charge in [0.2, 0.25) is 0 Å². The standard InChI is InChI=1S/C11H13NO/c1-2-4-9(5-3-1)6-12-7-10-11(8-12)13-10/h1-5,10-11H,6-8H2/t10-,11+. The van der Waals surface area contributed by atoms with E-state index in [-0.39, 0.29) is 0 Å². The maximum atomic E-state index is 5.38. The van der Waals surface area contributed by atoms with E-state index in [0.29, 0.717) is 12.2 Å². The second kappa shape index (κ2) is 2.82. The Labute approximate surface area is 78.1 Å². The number of fused-ring (bicyclic) bond motifs is 1. The first-order chi connectivity index (χ1) is 6.42. The lowest BCUT2D eigenvalue weighted by Crippen LogP contribution is -2.23. The zero-order valence-corrected chi connectivity index (χ0v) is 7.52. The van der Waals surface area contributed by atoms with Gasteiger partial charge in [-0.1, -0.05) is 30.3 Å². The number of hydrogen-bond donors (Lipinski definition) is 0. The predicted octanol–water partition coefficient (Wildman–Crippen LogP) is 1.27. The van der Waals surface area contributed by atoms with Crippen LogP contribution in [-0.2, 0) is 11.3 Å². The minimum Gasteiger partial charge on any atom is -0.367 e. The Bertz CT molecular complexity index is 288. The topological polar surface area (TPSA) is 15.8 Å². The molecule has 13 heavy (non-hydrogen) atoms. The zero-order valence-electron chi connectivity index (χ0n) is 7.52. The molecule has 2 aliphatic heterocycles. The number of hydrogen-bond acceptors (Lipinski definition) is 2. The lowest BCUT2D eigenvalue weighted by molar-refractivity contribution is 0.198. The number of morpholine rings is 1. The van der Waals surface area contributed by atoms with E-state index in [1.807, 2.05) is 0 Å². The molecule has 0 aromatic heterocycles. The molecule has 0 N–H and O–H groups in total. The second-order valence-electron chi connectivity index (χ2n) is 3.89. The summed E-state index contributed by atoms with van der Waals surface area (Å²) in [6.45, 7) is 3.33. The van der Waals surface area contributed by atoms with Crippen LogP contribution in [-0.4, -0.2) is 30.2 Å². The number of epoxide rings is 1. The van der Waals surface area contributed by atoms with Crippen molar-refractivity contribution in [3.05, 3.63) is 35.9 Å². The SMILES string of the molecule is c1ccc(CN2C[C@@H]3O[C@@H]3C2)cc1. The summed E-state index contributed by atoms with van der Waals surface area (Å²) in [5.74, 6) is 0. The normalized spacial score (nSPS) is 31.7. The Morgan fingerprint density at radius 2 is 1.85 bits per heavy atom. The van der Waals surface area contributed by atoms with Gasteiger partial charge in [-0.05, 0) is 5.56 Å². The van der Waals surface area contributed by atoms with Crippen LogP contribution in [0, 0.1) is 0 Å². The Morgan fingerprint density at radius 1 is 1.15 bits per heavy atom. The van der Waals surface area contributed by atoms with Gasteiger partial charge in [-0.3, -0.25) is 4.90 Å². The molecule has 2 saturated heterocycles. The largest absolute Gasteiger partial charge is 0.367 e. The van der Waals surface area contributed by atoms with Gasteiger partial charge in [0.1, 0.15) is 0 Å². The summed E-state index contributed by atoms with van der Waals surface area (Å²) in [6, 6.07) is 10.6. The second-order valence-corrected chi connectivity index (χ2v) is 3.89. The van der Waals surface area contributed by atoms with Gasteiger partial charge in [-0.25, -0.2) is 0 Å². The molecule has 2 aliphatic rings.